The average molecular weight is 407 g/mol. The number of piperidine rings is 1. The predicted molar refractivity (Wildman–Crippen MR) is 93.8 cm³/mol. The molecule has 0 N–H and O–H groups in total. The van der Waals surface area contributed by atoms with Crippen LogP contribution < -0.4 is 0 Å². The van der Waals surface area contributed by atoms with E-state index >= 15 is 0 Å². The molecule has 0 aromatic carbocycles. The summed E-state index contributed by atoms with van der Waals surface area (Å²) in [6.45, 7) is 5.82. The van der Waals surface area contributed by atoms with Gasteiger partial charge in [-0.1, -0.05) is 0 Å². The molecule has 1 aromatic rings. The summed E-state index contributed by atoms with van der Waals surface area (Å²) in [5, 5.41) is 0. The van der Waals surface area contributed by atoms with E-state index < -0.39 is 10.0 Å². The van der Waals surface area contributed by atoms with Crippen LogP contribution in [-0.4, -0.2) is 48.8 Å². The first-order valence-electron chi connectivity index (χ1n) is 7.92. The van der Waals surface area contributed by atoms with Crippen molar-refractivity contribution in [2.24, 2.45) is 0 Å². The van der Waals surface area contributed by atoms with Crippen molar-refractivity contribution >= 4 is 37.3 Å². The van der Waals surface area contributed by atoms with Gasteiger partial charge in [-0.2, -0.15) is 4.31 Å². The predicted octanol–water partition coefficient (Wildman–Crippen LogP) is 3.54. The van der Waals surface area contributed by atoms with E-state index in [0.717, 1.165) is 16.6 Å². The molecule has 0 unspecified atom stereocenters. The van der Waals surface area contributed by atoms with Crippen LogP contribution in [0.2, 0.25) is 0 Å². The smallest absolute Gasteiger partial charge is 0.252 e. The van der Waals surface area contributed by atoms with Gasteiger partial charge in [-0.15, -0.1) is 11.3 Å². The zero-order valence-corrected chi connectivity index (χ0v) is 16.3. The normalized spacial score (nSPS) is 31.7. The maximum absolute atomic E-state index is 12.8. The van der Waals surface area contributed by atoms with Crippen LogP contribution in [0.1, 0.15) is 39.5 Å². The minimum atomic E-state index is -3.34. The molecule has 3 atom stereocenters. The molecule has 3 rings (SSSR count). The van der Waals surface area contributed by atoms with Crippen molar-refractivity contribution < 1.29 is 8.42 Å². The van der Waals surface area contributed by atoms with E-state index in [0.29, 0.717) is 35.4 Å². The molecule has 2 saturated heterocycles. The van der Waals surface area contributed by atoms with E-state index in [4.69, 9.17) is 0 Å². The summed E-state index contributed by atoms with van der Waals surface area (Å²) >= 11 is 4.65. The Kier molecular flexibility index (Phi) is 5.00. The zero-order chi connectivity index (χ0) is 15.9. The van der Waals surface area contributed by atoms with E-state index in [1.54, 1.807) is 10.4 Å². The van der Waals surface area contributed by atoms with Crippen LogP contribution in [0.25, 0.3) is 0 Å². The Morgan fingerprint density at radius 3 is 2.45 bits per heavy atom. The summed E-state index contributed by atoms with van der Waals surface area (Å²) in [6.07, 6.45) is 4.51. The fourth-order valence-electron chi connectivity index (χ4n) is 3.88. The van der Waals surface area contributed by atoms with Crippen LogP contribution >= 0.6 is 27.3 Å². The fourth-order valence-corrected chi connectivity index (χ4v) is 7.56. The molecule has 0 bridgehead atoms. The lowest BCUT2D eigenvalue weighted by Gasteiger charge is -2.40. The highest BCUT2D eigenvalue weighted by Gasteiger charge is 2.38. The lowest BCUT2D eigenvalue weighted by Crippen LogP contribution is -2.52. The Hall–Kier alpha value is 0.0500. The minimum Gasteiger partial charge on any atom is -0.294 e. The summed E-state index contributed by atoms with van der Waals surface area (Å²) in [7, 11) is -3.34. The van der Waals surface area contributed by atoms with Crippen LogP contribution in [0, 0.1) is 0 Å². The number of halogens is 1. The Labute approximate surface area is 145 Å². The van der Waals surface area contributed by atoms with E-state index in [2.05, 4.69) is 34.7 Å². The third-order valence-corrected chi connectivity index (χ3v) is 8.90. The number of hydrogen-bond donors (Lipinski definition) is 0. The first-order chi connectivity index (χ1) is 10.4. The van der Waals surface area contributed by atoms with Crippen LogP contribution in [0.5, 0.6) is 0 Å². The summed E-state index contributed by atoms with van der Waals surface area (Å²) in [5.74, 6) is 0. The first-order valence-corrected chi connectivity index (χ1v) is 11.0. The second-order valence-electron chi connectivity index (χ2n) is 6.44. The second-order valence-corrected chi connectivity index (χ2v) is 11.1. The molecular weight excluding hydrogens is 384 g/mol. The van der Waals surface area contributed by atoms with Gasteiger partial charge in [0.1, 0.15) is 4.21 Å². The summed E-state index contributed by atoms with van der Waals surface area (Å²) < 4.78 is 28.6. The number of thiophene rings is 1. The number of sulfonamides is 1. The molecule has 2 aliphatic rings. The summed E-state index contributed by atoms with van der Waals surface area (Å²) in [4.78, 5) is 2.55. The zero-order valence-electron chi connectivity index (χ0n) is 13.0. The summed E-state index contributed by atoms with van der Waals surface area (Å²) in [5.41, 5.74) is 0. The van der Waals surface area contributed by atoms with Crippen LogP contribution in [0.15, 0.2) is 20.1 Å². The second kappa shape index (κ2) is 6.51. The third kappa shape index (κ3) is 3.15. The van der Waals surface area contributed by atoms with E-state index in [1.165, 1.54) is 24.2 Å². The topological polar surface area (TPSA) is 40.6 Å². The van der Waals surface area contributed by atoms with Gasteiger partial charge < -0.3 is 0 Å². The molecule has 124 valence electrons. The quantitative estimate of drug-likeness (QED) is 0.770. The van der Waals surface area contributed by atoms with Gasteiger partial charge in [0.15, 0.2) is 0 Å². The van der Waals surface area contributed by atoms with Gasteiger partial charge in [0.2, 0.25) is 0 Å². The first kappa shape index (κ1) is 16.9. The molecule has 0 aliphatic carbocycles. The summed E-state index contributed by atoms with van der Waals surface area (Å²) in [6, 6.07) is 5.01. The molecule has 22 heavy (non-hydrogen) atoms. The maximum Gasteiger partial charge on any atom is 0.252 e. The lowest BCUT2D eigenvalue weighted by molar-refractivity contribution is 0.0980. The average Bonchev–Trinajstić information content (AvgIpc) is 3.06. The van der Waals surface area contributed by atoms with Crippen molar-refractivity contribution in [2.45, 2.75) is 61.9 Å². The van der Waals surface area contributed by atoms with Gasteiger partial charge in [0.05, 0.1) is 3.79 Å². The highest BCUT2D eigenvalue weighted by molar-refractivity contribution is 9.11. The van der Waals surface area contributed by atoms with Gasteiger partial charge >= 0.3 is 0 Å². The Morgan fingerprint density at radius 1 is 1.18 bits per heavy atom. The number of rotatable bonds is 3. The van der Waals surface area contributed by atoms with Crippen molar-refractivity contribution in [1.29, 1.82) is 0 Å². The van der Waals surface area contributed by atoms with Crippen LogP contribution in [0.4, 0.5) is 0 Å². The third-order valence-electron chi connectivity index (χ3n) is 4.94. The molecule has 0 saturated carbocycles. The largest absolute Gasteiger partial charge is 0.294 e. The maximum atomic E-state index is 12.8. The SMILES string of the molecule is C[C@@H]1CC[C@H](C)N1[C@H]1CCCN(S(=O)(=O)c2ccc(Br)s2)C1. The standard InChI is InChI=1S/C15H23BrN2O2S2/c1-11-5-6-12(2)18(11)13-4-3-9-17(10-13)22(19,20)15-8-7-14(16)21-15/h7-8,11-13H,3-6,9-10H2,1-2H3/t11-,12+,13-/m0/s1. The highest BCUT2D eigenvalue weighted by Crippen LogP contribution is 2.33. The molecule has 0 amide bonds. The minimum absolute atomic E-state index is 0.361. The molecule has 2 fully saturated rings. The van der Waals surface area contributed by atoms with Crippen molar-refractivity contribution in [3.63, 3.8) is 0 Å². The molecule has 2 aliphatic heterocycles. The van der Waals surface area contributed by atoms with Crippen LogP contribution in [-0.2, 0) is 10.0 Å². The van der Waals surface area contributed by atoms with E-state index in [9.17, 15) is 8.42 Å². The molecule has 7 heteroatoms. The number of nitrogens with zero attached hydrogens (tertiary/aromatic N) is 2. The van der Waals surface area contributed by atoms with Crippen LogP contribution in [0.3, 0.4) is 0 Å². The number of hydrogen-bond acceptors (Lipinski definition) is 4. The Bertz CT molecular complexity index is 621. The molecule has 0 radical (unpaired) electrons. The van der Waals surface area contributed by atoms with E-state index in [1.807, 2.05) is 6.07 Å². The van der Waals surface area contributed by atoms with Crippen molar-refractivity contribution in [1.82, 2.24) is 9.21 Å². The van der Waals surface area contributed by atoms with Gasteiger partial charge in [-0.3, -0.25) is 4.90 Å². The molecule has 4 nitrogen and oxygen atoms in total. The molecule has 1 aromatic heterocycles. The van der Waals surface area contributed by atoms with Crippen molar-refractivity contribution in [3.8, 4) is 0 Å². The van der Waals surface area contributed by atoms with Gasteiger partial charge in [-0.05, 0) is 67.6 Å². The molecule has 3 heterocycles. The lowest BCUT2D eigenvalue weighted by atomic mass is 10.0. The van der Waals surface area contributed by atoms with Gasteiger partial charge in [0, 0.05) is 31.2 Å². The number of likely N-dealkylation sites (tertiary alicyclic amines) is 1. The molecule has 0 spiro atoms. The highest BCUT2D eigenvalue weighted by atomic mass is 79.9. The monoisotopic (exact) mass is 406 g/mol. The Balaban J connectivity index is 1.78. The molecular formula is C15H23BrN2O2S2. The van der Waals surface area contributed by atoms with E-state index in [-0.39, 0.29) is 0 Å². The van der Waals surface area contributed by atoms with Crippen molar-refractivity contribution in [3.05, 3.63) is 15.9 Å². The van der Waals surface area contributed by atoms with Gasteiger partial charge in [0.25, 0.3) is 10.0 Å². The fraction of sp³-hybridized carbons (Fsp3) is 0.733. The van der Waals surface area contributed by atoms with Crippen molar-refractivity contribution in [2.75, 3.05) is 13.1 Å². The van der Waals surface area contributed by atoms with Gasteiger partial charge in [-0.25, -0.2) is 8.42 Å². The Morgan fingerprint density at radius 2 is 1.86 bits per heavy atom.